The van der Waals surface area contributed by atoms with Gasteiger partial charge in [0.1, 0.15) is 0 Å². The first kappa shape index (κ1) is 12.5. The summed E-state index contributed by atoms with van der Waals surface area (Å²) < 4.78 is 1.66. The second-order valence-corrected chi connectivity index (χ2v) is 4.15. The van der Waals surface area contributed by atoms with Crippen molar-refractivity contribution < 1.29 is 9.90 Å². The van der Waals surface area contributed by atoms with Crippen LogP contribution in [0.3, 0.4) is 0 Å². The molecule has 2 rings (SSSR count). The maximum absolute atomic E-state index is 11.9. The van der Waals surface area contributed by atoms with E-state index in [1.165, 1.54) is 0 Å². The summed E-state index contributed by atoms with van der Waals surface area (Å²) in [6.45, 7) is 4.23. The minimum atomic E-state index is -0.191. The summed E-state index contributed by atoms with van der Waals surface area (Å²) in [6, 6.07) is 1.86. The number of rotatable bonds is 4. The average Bonchev–Trinajstić information content (AvgIpc) is 2.71. The Balaban J connectivity index is 2.28. The molecule has 0 saturated heterocycles. The molecule has 0 fully saturated rings. The molecule has 0 saturated carbocycles. The summed E-state index contributed by atoms with van der Waals surface area (Å²) >= 11 is 0. The lowest BCUT2D eigenvalue weighted by Gasteiger charge is -2.07. The van der Waals surface area contributed by atoms with Gasteiger partial charge in [0.2, 0.25) is 0 Å². The largest absolute Gasteiger partial charge is 0.396 e. The highest BCUT2D eigenvalue weighted by Crippen LogP contribution is 2.10. The number of aliphatic hydroxyl groups is 1. The van der Waals surface area contributed by atoms with Crippen LogP contribution in [-0.2, 0) is 0 Å². The van der Waals surface area contributed by atoms with Crippen molar-refractivity contribution in [1.29, 1.82) is 0 Å². The van der Waals surface area contributed by atoms with E-state index in [9.17, 15) is 4.79 Å². The van der Waals surface area contributed by atoms with E-state index in [2.05, 4.69) is 15.4 Å². The summed E-state index contributed by atoms with van der Waals surface area (Å²) in [5.74, 6) is -0.191. The molecule has 0 aliphatic heterocycles. The summed E-state index contributed by atoms with van der Waals surface area (Å²) in [7, 11) is 0. The molecule has 1 amide bonds. The van der Waals surface area contributed by atoms with Crippen LogP contribution in [-0.4, -0.2) is 38.8 Å². The molecule has 0 unspecified atom stereocenters. The Bertz CT molecular complexity index is 577. The third kappa shape index (κ3) is 2.33. The molecular weight excluding hydrogens is 232 g/mol. The van der Waals surface area contributed by atoms with E-state index in [4.69, 9.17) is 5.11 Å². The third-order valence-electron chi connectivity index (χ3n) is 2.71. The highest BCUT2D eigenvalue weighted by molar-refractivity contribution is 5.95. The Labute approximate surface area is 105 Å². The fourth-order valence-corrected chi connectivity index (χ4v) is 1.76. The summed E-state index contributed by atoms with van der Waals surface area (Å²) in [6.07, 6.45) is 2.10. The lowest BCUT2D eigenvalue weighted by atomic mass is 10.2. The van der Waals surface area contributed by atoms with E-state index in [-0.39, 0.29) is 12.5 Å². The van der Waals surface area contributed by atoms with Crippen LogP contribution in [0.15, 0.2) is 12.3 Å². The number of fused-ring (bicyclic) bond motifs is 1. The van der Waals surface area contributed by atoms with E-state index in [0.29, 0.717) is 18.5 Å². The van der Waals surface area contributed by atoms with Gasteiger partial charge in [-0.25, -0.2) is 9.50 Å². The van der Waals surface area contributed by atoms with Gasteiger partial charge in [-0.2, -0.15) is 5.10 Å². The fraction of sp³-hybridized carbons (Fsp3) is 0.417. The second kappa shape index (κ2) is 5.14. The van der Waals surface area contributed by atoms with Crippen molar-refractivity contribution >= 4 is 11.6 Å². The lowest BCUT2D eigenvalue weighted by Crippen LogP contribution is -2.26. The van der Waals surface area contributed by atoms with Crippen molar-refractivity contribution in [2.45, 2.75) is 20.3 Å². The van der Waals surface area contributed by atoms with E-state index < -0.39 is 0 Å². The molecule has 0 aliphatic carbocycles. The number of hydrogen-bond donors (Lipinski definition) is 2. The van der Waals surface area contributed by atoms with Crippen molar-refractivity contribution in [3.63, 3.8) is 0 Å². The minimum Gasteiger partial charge on any atom is -0.396 e. The van der Waals surface area contributed by atoms with E-state index in [1.54, 1.807) is 10.7 Å². The molecule has 0 aromatic carbocycles. The monoisotopic (exact) mass is 248 g/mol. The molecule has 96 valence electrons. The van der Waals surface area contributed by atoms with E-state index in [0.717, 1.165) is 17.0 Å². The molecule has 2 N–H and O–H groups in total. The van der Waals surface area contributed by atoms with Gasteiger partial charge in [-0.05, 0) is 20.3 Å². The van der Waals surface area contributed by atoms with Gasteiger partial charge in [-0.3, -0.25) is 4.79 Å². The fourth-order valence-electron chi connectivity index (χ4n) is 1.76. The molecule has 0 radical (unpaired) electrons. The van der Waals surface area contributed by atoms with Crippen molar-refractivity contribution in [1.82, 2.24) is 19.9 Å². The number of nitrogens with one attached hydrogen (secondary N) is 1. The standard InChI is InChI=1S/C12H16N4O2/c1-8-6-11-14-7-10(9(2)16(11)15-8)12(18)13-4-3-5-17/h6-7,17H,3-5H2,1-2H3,(H,13,18). The zero-order chi connectivity index (χ0) is 13.1. The van der Waals surface area contributed by atoms with Gasteiger partial charge < -0.3 is 10.4 Å². The number of aryl methyl sites for hydroxylation is 2. The topological polar surface area (TPSA) is 79.5 Å². The number of aromatic nitrogens is 3. The predicted molar refractivity (Wildman–Crippen MR) is 66.5 cm³/mol. The number of aliphatic hydroxyl groups excluding tert-OH is 1. The first-order valence-electron chi connectivity index (χ1n) is 5.84. The van der Waals surface area contributed by atoms with Crippen molar-refractivity contribution in [3.05, 3.63) is 29.2 Å². The molecular formula is C12H16N4O2. The normalized spacial score (nSPS) is 10.8. The molecule has 0 bridgehead atoms. The molecule has 2 aromatic heterocycles. The van der Waals surface area contributed by atoms with Crippen LogP contribution in [0.1, 0.15) is 28.2 Å². The Morgan fingerprint density at radius 3 is 3.00 bits per heavy atom. The summed E-state index contributed by atoms with van der Waals surface area (Å²) in [5.41, 5.74) is 2.86. The van der Waals surface area contributed by atoms with Crippen LogP contribution < -0.4 is 5.32 Å². The minimum absolute atomic E-state index is 0.0644. The number of nitrogens with zero attached hydrogens (tertiary/aromatic N) is 3. The molecule has 6 nitrogen and oxygen atoms in total. The average molecular weight is 248 g/mol. The van der Waals surface area contributed by atoms with Crippen molar-refractivity contribution in [3.8, 4) is 0 Å². The molecule has 6 heteroatoms. The summed E-state index contributed by atoms with van der Waals surface area (Å²) in [5, 5.41) is 15.7. The van der Waals surface area contributed by atoms with Crippen LogP contribution in [0.5, 0.6) is 0 Å². The van der Waals surface area contributed by atoms with Gasteiger partial charge >= 0.3 is 0 Å². The van der Waals surface area contributed by atoms with Gasteiger partial charge in [0.15, 0.2) is 5.65 Å². The quantitative estimate of drug-likeness (QED) is 0.770. The lowest BCUT2D eigenvalue weighted by molar-refractivity contribution is 0.0949. The van der Waals surface area contributed by atoms with Gasteiger partial charge in [0.05, 0.1) is 17.0 Å². The maximum atomic E-state index is 11.9. The Morgan fingerprint density at radius 1 is 1.50 bits per heavy atom. The van der Waals surface area contributed by atoms with Gasteiger partial charge in [-0.1, -0.05) is 0 Å². The zero-order valence-corrected chi connectivity index (χ0v) is 10.5. The highest BCUT2D eigenvalue weighted by Gasteiger charge is 2.13. The molecule has 2 aromatic rings. The van der Waals surface area contributed by atoms with Crippen molar-refractivity contribution in [2.24, 2.45) is 0 Å². The third-order valence-corrected chi connectivity index (χ3v) is 2.71. The molecule has 0 spiro atoms. The van der Waals surface area contributed by atoms with Gasteiger partial charge in [0, 0.05) is 25.4 Å². The van der Waals surface area contributed by atoms with E-state index >= 15 is 0 Å². The number of carbonyl (C=O) groups excluding carboxylic acids is 1. The number of amides is 1. The summed E-state index contributed by atoms with van der Waals surface area (Å²) in [4.78, 5) is 16.1. The zero-order valence-electron chi connectivity index (χ0n) is 10.5. The Morgan fingerprint density at radius 2 is 2.28 bits per heavy atom. The van der Waals surface area contributed by atoms with Gasteiger partial charge in [0.25, 0.3) is 5.91 Å². The van der Waals surface area contributed by atoms with E-state index in [1.807, 2.05) is 19.9 Å². The first-order chi connectivity index (χ1) is 8.63. The number of hydrogen-bond acceptors (Lipinski definition) is 4. The van der Waals surface area contributed by atoms with Crippen LogP contribution in [0.25, 0.3) is 5.65 Å². The van der Waals surface area contributed by atoms with Gasteiger partial charge in [-0.15, -0.1) is 0 Å². The van der Waals surface area contributed by atoms with Crippen LogP contribution in [0.4, 0.5) is 0 Å². The van der Waals surface area contributed by atoms with Crippen molar-refractivity contribution in [2.75, 3.05) is 13.2 Å². The van der Waals surface area contributed by atoms with Crippen LogP contribution >= 0.6 is 0 Å². The Kier molecular flexibility index (Phi) is 3.57. The molecule has 0 aliphatic rings. The van der Waals surface area contributed by atoms with Crippen LogP contribution in [0.2, 0.25) is 0 Å². The SMILES string of the molecule is Cc1cc2ncc(C(=O)NCCCO)c(C)n2n1. The molecule has 18 heavy (non-hydrogen) atoms. The second-order valence-electron chi connectivity index (χ2n) is 4.15. The first-order valence-corrected chi connectivity index (χ1v) is 5.84. The smallest absolute Gasteiger partial charge is 0.254 e. The number of carbonyl (C=O) groups is 1. The predicted octanol–water partition coefficient (Wildman–Crippen LogP) is 0.458. The van der Waals surface area contributed by atoms with Crippen LogP contribution in [0, 0.1) is 13.8 Å². The molecule has 0 atom stereocenters. The maximum Gasteiger partial charge on any atom is 0.254 e. The highest BCUT2D eigenvalue weighted by atomic mass is 16.3. The molecule has 2 heterocycles. The Hall–Kier alpha value is -1.95.